The molecule has 0 bridgehead atoms. The fraction of sp³-hybridized carbons (Fsp3) is 0.467. The summed E-state index contributed by atoms with van der Waals surface area (Å²) in [5.41, 5.74) is 1.80. The molecule has 1 amide bonds. The fourth-order valence-electron chi connectivity index (χ4n) is 1.86. The van der Waals surface area contributed by atoms with Crippen molar-refractivity contribution in [3.63, 3.8) is 0 Å². The van der Waals surface area contributed by atoms with Gasteiger partial charge in [-0.3, -0.25) is 9.28 Å². The van der Waals surface area contributed by atoms with Crippen LogP contribution in [-0.4, -0.2) is 58.5 Å². The first-order valence-corrected chi connectivity index (χ1v) is 6.73. The molecule has 0 aliphatic carbocycles. The second kappa shape index (κ2) is 7.74. The minimum atomic E-state index is -0.243. The third-order valence-corrected chi connectivity index (χ3v) is 2.87. The Balaban J connectivity index is 2.72. The van der Waals surface area contributed by atoms with Crippen molar-refractivity contribution < 1.29 is 14.6 Å². The highest BCUT2D eigenvalue weighted by atomic mass is 16.5. The van der Waals surface area contributed by atoms with Gasteiger partial charge in [0.05, 0.1) is 41.0 Å². The van der Waals surface area contributed by atoms with Crippen LogP contribution in [-0.2, 0) is 4.74 Å². The first-order valence-electron chi connectivity index (χ1n) is 6.73. The van der Waals surface area contributed by atoms with Crippen LogP contribution in [0.15, 0.2) is 18.2 Å². The van der Waals surface area contributed by atoms with E-state index in [9.17, 15) is 10.1 Å². The van der Waals surface area contributed by atoms with Gasteiger partial charge in [0, 0.05) is 18.2 Å². The number of ether oxygens (including phenoxy) is 1. The molecular formula is C15H22N3O3+. The highest BCUT2D eigenvalue weighted by Crippen LogP contribution is 2.23. The van der Waals surface area contributed by atoms with E-state index < -0.39 is 0 Å². The van der Waals surface area contributed by atoms with Gasteiger partial charge < -0.3 is 15.2 Å². The van der Waals surface area contributed by atoms with Crippen LogP contribution in [0.4, 0.5) is 5.69 Å². The van der Waals surface area contributed by atoms with Crippen molar-refractivity contribution in [1.29, 1.82) is 5.26 Å². The summed E-state index contributed by atoms with van der Waals surface area (Å²) in [6.07, 6.45) is 0. The van der Waals surface area contributed by atoms with Crippen LogP contribution in [0.25, 0.3) is 0 Å². The molecule has 6 nitrogen and oxygen atoms in total. The van der Waals surface area contributed by atoms with E-state index in [-0.39, 0.29) is 19.1 Å². The van der Waals surface area contributed by atoms with Gasteiger partial charge >= 0.3 is 0 Å². The maximum absolute atomic E-state index is 12.0. The van der Waals surface area contributed by atoms with Crippen molar-refractivity contribution in [2.24, 2.45) is 0 Å². The van der Waals surface area contributed by atoms with Crippen molar-refractivity contribution in [2.45, 2.75) is 0 Å². The van der Waals surface area contributed by atoms with E-state index >= 15 is 0 Å². The summed E-state index contributed by atoms with van der Waals surface area (Å²) in [7, 11) is 5.90. The second-order valence-electron chi connectivity index (χ2n) is 5.45. The molecule has 0 saturated heterocycles. The van der Waals surface area contributed by atoms with Crippen LogP contribution in [0.5, 0.6) is 0 Å². The smallest absolute Gasteiger partial charge is 0.251 e. The number of nitriles is 1. The van der Waals surface area contributed by atoms with E-state index in [0.717, 1.165) is 5.69 Å². The van der Waals surface area contributed by atoms with E-state index in [1.807, 2.05) is 21.1 Å². The monoisotopic (exact) mass is 292 g/mol. The highest BCUT2D eigenvalue weighted by molar-refractivity contribution is 5.95. The Kier molecular flexibility index (Phi) is 6.31. The van der Waals surface area contributed by atoms with Crippen molar-refractivity contribution in [3.05, 3.63) is 29.3 Å². The second-order valence-corrected chi connectivity index (χ2v) is 5.45. The van der Waals surface area contributed by atoms with Gasteiger partial charge in [0.25, 0.3) is 5.91 Å². The molecule has 0 aromatic heterocycles. The topological polar surface area (TPSA) is 82.3 Å². The van der Waals surface area contributed by atoms with Gasteiger partial charge in [0.2, 0.25) is 0 Å². The summed E-state index contributed by atoms with van der Waals surface area (Å²) in [4.78, 5) is 12.0. The molecule has 0 radical (unpaired) electrons. The lowest BCUT2D eigenvalue weighted by atomic mass is 10.1. The van der Waals surface area contributed by atoms with Gasteiger partial charge in [-0.15, -0.1) is 0 Å². The lowest BCUT2D eigenvalue weighted by molar-refractivity contribution is 0.0838. The summed E-state index contributed by atoms with van der Waals surface area (Å²) >= 11 is 0. The van der Waals surface area contributed by atoms with Crippen molar-refractivity contribution in [3.8, 4) is 6.07 Å². The zero-order chi connectivity index (χ0) is 15.9. The third kappa shape index (κ3) is 5.16. The minimum absolute atomic E-state index is 0.0357. The number of carbonyl (C=O) groups is 1. The third-order valence-electron chi connectivity index (χ3n) is 2.87. The largest absolute Gasteiger partial charge is 0.394 e. The molecule has 0 spiro atoms. The van der Waals surface area contributed by atoms with Gasteiger partial charge in [-0.1, -0.05) is 0 Å². The number of benzene rings is 1. The predicted octanol–water partition coefficient (Wildman–Crippen LogP) is 0.494. The number of hydrogen-bond acceptors (Lipinski definition) is 4. The van der Waals surface area contributed by atoms with Crippen LogP contribution in [0.2, 0.25) is 0 Å². The average Bonchev–Trinajstić information content (AvgIpc) is 2.45. The number of rotatable bonds is 7. The van der Waals surface area contributed by atoms with Crippen LogP contribution >= 0.6 is 0 Å². The number of amides is 1. The molecule has 0 heterocycles. The van der Waals surface area contributed by atoms with Gasteiger partial charge in [-0.05, 0) is 12.1 Å². The molecule has 1 rings (SSSR count). The van der Waals surface area contributed by atoms with Crippen molar-refractivity contribution in [2.75, 3.05) is 47.5 Å². The number of aliphatic hydroxyl groups is 1. The van der Waals surface area contributed by atoms with Gasteiger partial charge in [0.15, 0.2) is 0 Å². The Bertz CT molecular complexity index is 530. The molecule has 0 aliphatic rings. The van der Waals surface area contributed by atoms with Gasteiger partial charge in [-0.25, -0.2) is 0 Å². The maximum Gasteiger partial charge on any atom is 0.251 e. The van der Waals surface area contributed by atoms with Crippen LogP contribution in [0.1, 0.15) is 15.9 Å². The molecule has 114 valence electrons. The van der Waals surface area contributed by atoms with E-state index in [2.05, 4.69) is 11.4 Å². The van der Waals surface area contributed by atoms with Crippen molar-refractivity contribution >= 4 is 11.6 Å². The number of nitrogens with one attached hydrogen (secondary N) is 1. The Hall–Kier alpha value is -1.94. The van der Waals surface area contributed by atoms with Gasteiger partial charge in [-0.2, -0.15) is 5.26 Å². The fourth-order valence-corrected chi connectivity index (χ4v) is 1.86. The number of quaternary nitrogens is 1. The predicted molar refractivity (Wildman–Crippen MR) is 81.0 cm³/mol. The number of hydrogen-bond donors (Lipinski definition) is 2. The summed E-state index contributed by atoms with van der Waals surface area (Å²) in [6.45, 7) is 0.921. The number of carbonyl (C=O) groups excluding carboxylic acids is 1. The molecule has 1 aromatic rings. The van der Waals surface area contributed by atoms with Crippen LogP contribution < -0.4 is 9.80 Å². The SMILES string of the molecule is C[N+](C)(C)c1ccc(C(=O)NCCOCCO)cc1C#N. The molecule has 0 fully saturated rings. The quantitative estimate of drug-likeness (QED) is 0.566. The van der Waals surface area contributed by atoms with Crippen LogP contribution in [0, 0.1) is 11.3 Å². The lowest BCUT2D eigenvalue weighted by Gasteiger charge is -2.24. The zero-order valence-electron chi connectivity index (χ0n) is 12.7. The van der Waals surface area contributed by atoms with Crippen LogP contribution in [0.3, 0.4) is 0 Å². The summed E-state index contributed by atoms with van der Waals surface area (Å²) in [6, 6.07) is 7.25. The van der Waals surface area contributed by atoms with E-state index in [1.54, 1.807) is 18.2 Å². The summed E-state index contributed by atoms with van der Waals surface area (Å²) in [5.74, 6) is -0.243. The lowest BCUT2D eigenvalue weighted by Crippen LogP contribution is -2.35. The number of aliphatic hydroxyl groups excluding tert-OH is 1. The molecule has 0 aliphatic heterocycles. The molecule has 21 heavy (non-hydrogen) atoms. The van der Waals surface area contributed by atoms with E-state index in [4.69, 9.17) is 9.84 Å². The minimum Gasteiger partial charge on any atom is -0.394 e. The van der Waals surface area contributed by atoms with E-state index in [1.165, 1.54) is 0 Å². The highest BCUT2D eigenvalue weighted by Gasteiger charge is 2.19. The Morgan fingerprint density at radius 2 is 2.10 bits per heavy atom. The molecule has 0 atom stereocenters. The molecular weight excluding hydrogens is 270 g/mol. The first kappa shape index (κ1) is 17.1. The summed E-state index contributed by atoms with van der Waals surface area (Å²) in [5, 5.41) is 20.5. The molecule has 0 saturated carbocycles. The summed E-state index contributed by atoms with van der Waals surface area (Å²) < 4.78 is 5.57. The first-order chi connectivity index (χ1) is 9.90. The Labute approximate surface area is 125 Å². The molecule has 2 N–H and O–H groups in total. The molecule has 1 aromatic carbocycles. The average molecular weight is 292 g/mol. The zero-order valence-corrected chi connectivity index (χ0v) is 12.7. The molecule has 6 heteroatoms. The maximum atomic E-state index is 12.0. The standard InChI is InChI=1S/C15H21N3O3/c1-18(2,3)14-5-4-12(10-13(14)11-16)15(20)17-6-8-21-9-7-19/h4-5,10,19H,6-9H2,1-3H3/p+1. The number of nitrogens with zero attached hydrogens (tertiary/aromatic N) is 2. The van der Waals surface area contributed by atoms with E-state index in [0.29, 0.717) is 28.8 Å². The normalized spacial score (nSPS) is 11.0. The molecule has 0 unspecified atom stereocenters. The Morgan fingerprint density at radius 3 is 2.67 bits per heavy atom. The van der Waals surface area contributed by atoms with Crippen molar-refractivity contribution in [1.82, 2.24) is 9.80 Å². The van der Waals surface area contributed by atoms with Gasteiger partial charge in [0.1, 0.15) is 17.3 Å². The Morgan fingerprint density at radius 1 is 1.38 bits per heavy atom.